The first-order valence-corrected chi connectivity index (χ1v) is 8.44. The van der Waals surface area contributed by atoms with E-state index in [0.717, 1.165) is 34.3 Å². The lowest BCUT2D eigenvalue weighted by Gasteiger charge is -2.05. The first-order valence-electron chi connectivity index (χ1n) is 8.44. The molecule has 132 valence electrons. The van der Waals surface area contributed by atoms with Gasteiger partial charge in [0, 0.05) is 29.0 Å². The fraction of sp³-hybridized carbons (Fsp3) is 0.143. The van der Waals surface area contributed by atoms with Crippen LogP contribution in [0.1, 0.15) is 34.2 Å². The van der Waals surface area contributed by atoms with E-state index in [1.807, 2.05) is 50.2 Å². The number of benzene rings is 2. The third-order valence-electron chi connectivity index (χ3n) is 4.05. The van der Waals surface area contributed by atoms with Crippen molar-refractivity contribution in [2.45, 2.75) is 20.3 Å². The van der Waals surface area contributed by atoms with Crippen molar-refractivity contribution in [2.75, 3.05) is 0 Å². The number of para-hydroxylation sites is 1. The highest BCUT2D eigenvalue weighted by Crippen LogP contribution is 2.27. The minimum atomic E-state index is -0.419. The Balaban J connectivity index is 1.66. The van der Waals surface area contributed by atoms with E-state index in [2.05, 4.69) is 10.9 Å². The molecule has 1 heterocycles. The van der Waals surface area contributed by atoms with E-state index in [0.29, 0.717) is 5.56 Å². The Kier molecular flexibility index (Phi) is 5.17. The normalized spacial score (nSPS) is 11.0. The zero-order chi connectivity index (χ0) is 18.5. The van der Waals surface area contributed by atoms with E-state index in [4.69, 9.17) is 4.42 Å². The number of rotatable bonds is 4. The monoisotopic (exact) mass is 348 g/mol. The lowest BCUT2D eigenvalue weighted by Crippen LogP contribution is -2.40. The van der Waals surface area contributed by atoms with E-state index in [1.54, 1.807) is 18.2 Å². The van der Waals surface area contributed by atoms with Gasteiger partial charge in [-0.05, 0) is 31.2 Å². The Morgan fingerprint density at radius 1 is 1.04 bits per heavy atom. The Hall–Kier alpha value is -3.34. The van der Waals surface area contributed by atoms with Gasteiger partial charge in [-0.25, -0.2) is 0 Å². The van der Waals surface area contributed by atoms with Gasteiger partial charge in [-0.15, -0.1) is 0 Å². The molecule has 0 aliphatic carbocycles. The number of amides is 2. The van der Waals surface area contributed by atoms with Crippen LogP contribution in [0.3, 0.4) is 0 Å². The molecule has 0 saturated carbocycles. The molecule has 2 N–H and O–H groups in total. The number of hydrogen-bond donors (Lipinski definition) is 2. The van der Waals surface area contributed by atoms with E-state index < -0.39 is 5.91 Å². The van der Waals surface area contributed by atoms with Crippen LogP contribution >= 0.6 is 0 Å². The van der Waals surface area contributed by atoms with Crippen molar-refractivity contribution in [3.8, 4) is 0 Å². The van der Waals surface area contributed by atoms with Crippen LogP contribution in [-0.2, 0) is 11.2 Å². The van der Waals surface area contributed by atoms with E-state index in [9.17, 15) is 9.59 Å². The maximum Gasteiger partial charge on any atom is 0.269 e. The van der Waals surface area contributed by atoms with Crippen molar-refractivity contribution in [1.82, 2.24) is 10.9 Å². The Bertz CT molecular complexity index is 969. The highest BCUT2D eigenvalue weighted by Gasteiger charge is 2.10. The highest BCUT2D eigenvalue weighted by molar-refractivity contribution is 5.99. The molecule has 5 heteroatoms. The van der Waals surface area contributed by atoms with Gasteiger partial charge in [0.15, 0.2) is 0 Å². The standard InChI is InChI=1S/C21H20N2O3/c1-3-18-17(16-6-4-5-7-19(16)26-18)12-13-20(24)22-23-21(25)15-10-8-14(2)9-11-15/h4-13H,3H2,1-2H3,(H,22,24)(H,23,25)/b13-12+. The van der Waals surface area contributed by atoms with Crippen LogP contribution in [0.4, 0.5) is 0 Å². The van der Waals surface area contributed by atoms with Crippen molar-refractivity contribution in [1.29, 1.82) is 0 Å². The molecule has 0 spiro atoms. The molecule has 3 rings (SSSR count). The molecule has 0 atom stereocenters. The third-order valence-corrected chi connectivity index (χ3v) is 4.05. The second-order valence-electron chi connectivity index (χ2n) is 5.93. The average Bonchev–Trinajstić information content (AvgIpc) is 3.02. The lowest BCUT2D eigenvalue weighted by atomic mass is 10.1. The Morgan fingerprint density at radius 2 is 1.77 bits per heavy atom. The summed E-state index contributed by atoms with van der Waals surface area (Å²) < 4.78 is 5.79. The van der Waals surface area contributed by atoms with Gasteiger partial charge in [-0.3, -0.25) is 20.4 Å². The molecule has 0 saturated heterocycles. The molecule has 0 unspecified atom stereocenters. The molecule has 1 aromatic heterocycles. The molecule has 26 heavy (non-hydrogen) atoms. The van der Waals surface area contributed by atoms with Crippen molar-refractivity contribution >= 4 is 28.9 Å². The number of nitrogens with one attached hydrogen (secondary N) is 2. The number of aryl methyl sites for hydroxylation is 2. The number of carbonyl (C=O) groups excluding carboxylic acids is 2. The van der Waals surface area contributed by atoms with Crippen LogP contribution < -0.4 is 10.9 Å². The zero-order valence-electron chi connectivity index (χ0n) is 14.7. The first-order chi connectivity index (χ1) is 12.6. The number of hydrogen-bond acceptors (Lipinski definition) is 3. The molecule has 3 aromatic rings. The second-order valence-corrected chi connectivity index (χ2v) is 5.93. The maximum atomic E-state index is 12.0. The van der Waals surface area contributed by atoms with Crippen molar-refractivity contribution in [3.05, 3.63) is 77.1 Å². The lowest BCUT2D eigenvalue weighted by molar-refractivity contribution is -0.117. The maximum absolute atomic E-state index is 12.0. The van der Waals surface area contributed by atoms with Crippen LogP contribution in [0.2, 0.25) is 0 Å². The summed E-state index contributed by atoms with van der Waals surface area (Å²) in [6, 6.07) is 14.8. The van der Waals surface area contributed by atoms with Crippen molar-refractivity contribution < 1.29 is 14.0 Å². The summed E-state index contributed by atoms with van der Waals surface area (Å²) in [5.74, 6) is 0.0338. The average molecular weight is 348 g/mol. The molecule has 0 bridgehead atoms. The second kappa shape index (κ2) is 7.70. The summed E-state index contributed by atoms with van der Waals surface area (Å²) in [5, 5.41) is 0.956. The predicted molar refractivity (Wildman–Crippen MR) is 101 cm³/mol. The first kappa shape index (κ1) is 17.5. The minimum Gasteiger partial charge on any atom is -0.460 e. The van der Waals surface area contributed by atoms with Gasteiger partial charge in [0.2, 0.25) is 0 Å². The van der Waals surface area contributed by atoms with Gasteiger partial charge >= 0.3 is 0 Å². The van der Waals surface area contributed by atoms with Crippen molar-refractivity contribution in [3.63, 3.8) is 0 Å². The van der Waals surface area contributed by atoms with Crippen LogP contribution in [0.15, 0.2) is 59.0 Å². The van der Waals surface area contributed by atoms with Crippen LogP contribution in [0.25, 0.3) is 17.0 Å². The smallest absolute Gasteiger partial charge is 0.269 e. The summed E-state index contributed by atoms with van der Waals surface area (Å²) >= 11 is 0. The van der Waals surface area contributed by atoms with E-state index >= 15 is 0 Å². The third kappa shape index (κ3) is 3.83. The van der Waals surface area contributed by atoms with Crippen molar-refractivity contribution in [2.24, 2.45) is 0 Å². The topological polar surface area (TPSA) is 71.3 Å². The summed E-state index contributed by atoms with van der Waals surface area (Å²) in [7, 11) is 0. The number of carbonyl (C=O) groups is 2. The summed E-state index contributed by atoms with van der Waals surface area (Å²) in [4.78, 5) is 24.0. The fourth-order valence-corrected chi connectivity index (χ4v) is 2.66. The van der Waals surface area contributed by atoms with Crippen LogP contribution in [0, 0.1) is 6.92 Å². The Morgan fingerprint density at radius 3 is 2.50 bits per heavy atom. The van der Waals surface area contributed by atoms with Gasteiger partial charge in [-0.1, -0.05) is 42.8 Å². The Labute approximate surface area is 151 Å². The molecule has 0 fully saturated rings. The van der Waals surface area contributed by atoms with Gasteiger partial charge in [0.05, 0.1) is 0 Å². The van der Waals surface area contributed by atoms with Crippen LogP contribution in [0.5, 0.6) is 0 Å². The molecule has 2 aromatic carbocycles. The van der Waals surface area contributed by atoms with Gasteiger partial charge < -0.3 is 4.42 Å². The largest absolute Gasteiger partial charge is 0.460 e. The van der Waals surface area contributed by atoms with Gasteiger partial charge in [0.25, 0.3) is 11.8 Å². The molecule has 0 radical (unpaired) electrons. The summed E-state index contributed by atoms with van der Waals surface area (Å²) in [6.45, 7) is 3.94. The quantitative estimate of drug-likeness (QED) is 0.557. The molecular formula is C21H20N2O3. The molecule has 2 amide bonds. The minimum absolute atomic E-state index is 0.366. The SMILES string of the molecule is CCc1oc2ccccc2c1/C=C/C(=O)NNC(=O)c1ccc(C)cc1. The number of fused-ring (bicyclic) bond motifs is 1. The summed E-state index contributed by atoms with van der Waals surface area (Å²) in [6.07, 6.45) is 3.81. The van der Waals surface area contributed by atoms with Gasteiger partial charge in [0.1, 0.15) is 11.3 Å². The van der Waals surface area contributed by atoms with Gasteiger partial charge in [-0.2, -0.15) is 0 Å². The summed E-state index contributed by atoms with van der Waals surface area (Å²) in [5.41, 5.74) is 8.00. The van der Waals surface area contributed by atoms with E-state index in [-0.39, 0.29) is 5.91 Å². The fourth-order valence-electron chi connectivity index (χ4n) is 2.66. The zero-order valence-corrected chi connectivity index (χ0v) is 14.7. The van der Waals surface area contributed by atoms with Crippen LogP contribution in [-0.4, -0.2) is 11.8 Å². The molecule has 0 aliphatic heterocycles. The predicted octanol–water partition coefficient (Wildman–Crippen LogP) is 3.78. The molecule has 5 nitrogen and oxygen atoms in total. The molecule has 0 aliphatic rings. The number of hydrazine groups is 1. The highest BCUT2D eigenvalue weighted by atomic mass is 16.3. The molecular weight excluding hydrogens is 328 g/mol. The number of furan rings is 1. The van der Waals surface area contributed by atoms with E-state index in [1.165, 1.54) is 6.08 Å².